The third kappa shape index (κ3) is 13.2. The first-order valence-corrected chi connectivity index (χ1v) is 26.1. The average molecular weight is 1420 g/mol. The predicted molar refractivity (Wildman–Crippen MR) is 294 cm³/mol. The van der Waals surface area contributed by atoms with E-state index in [0.29, 0.717) is 19.5 Å². The number of aromatic nitrogens is 4. The third-order valence-electron chi connectivity index (χ3n) is 11.2. The van der Waals surface area contributed by atoms with Crippen molar-refractivity contribution in [2.75, 3.05) is 5.73 Å². The molecule has 0 aliphatic heterocycles. The van der Waals surface area contributed by atoms with E-state index in [1.807, 2.05) is 0 Å². The molecule has 0 radical (unpaired) electrons. The number of non-ortho nitro benzene ring substituents is 2. The minimum Gasteiger partial charge on any atom is -0.397 e. The van der Waals surface area contributed by atoms with Crippen LogP contribution in [0.15, 0.2) is 164 Å². The second-order valence-corrected chi connectivity index (χ2v) is 21.4. The fourth-order valence-electron chi connectivity index (χ4n) is 7.70. The molecule has 2 unspecified atom stereocenters. The second kappa shape index (κ2) is 24.7. The Kier molecular flexibility index (Phi) is 19.6. The van der Waals surface area contributed by atoms with Crippen molar-refractivity contribution in [2.45, 2.75) is 29.9 Å². The van der Waals surface area contributed by atoms with Crippen LogP contribution in [-0.4, -0.2) is 52.8 Å². The van der Waals surface area contributed by atoms with E-state index in [4.69, 9.17) is 63.7 Å². The summed E-state index contributed by atoms with van der Waals surface area (Å²) in [5.41, 5.74) is 0.306. The predicted octanol–water partition coefficient (Wildman–Crippen LogP) is 17.0. The van der Waals surface area contributed by atoms with Crippen LogP contribution < -0.4 is 5.73 Å². The number of ketones is 1. The normalized spacial score (nSPS) is 13.0. The first-order valence-electron chi connectivity index (χ1n) is 21.0. The number of hydrogen-bond acceptors (Lipinski definition) is 9. The number of rotatable bonds is 12. The van der Waals surface area contributed by atoms with Crippen LogP contribution >= 0.6 is 122 Å². The Labute approximate surface area is 490 Å². The number of nitro benzene ring substituents is 2. The lowest BCUT2D eigenvalue weighted by Gasteiger charge is -2.37. The Hall–Kier alpha value is -5.37. The molecule has 0 saturated carbocycles. The number of anilines is 1. The van der Waals surface area contributed by atoms with Crippen LogP contribution in [0.2, 0.25) is 20.1 Å². The molecule has 400 valence electrons. The number of carbonyl (C=O) groups is 2. The number of Topliss-reactive ketones (excluding diaryl/α,β-unsaturated/α-hetero) is 1. The van der Waals surface area contributed by atoms with E-state index in [-0.39, 0.29) is 80.9 Å². The fraction of sp³-hybridized carbons (Fsp3) is 0.102. The van der Waals surface area contributed by atoms with Crippen molar-refractivity contribution in [1.82, 2.24) is 19.6 Å². The lowest BCUT2D eigenvalue weighted by Crippen LogP contribution is -2.50. The minimum atomic E-state index is -4.91. The molecule has 0 fully saturated rings. The molecule has 2 aromatic heterocycles. The van der Waals surface area contributed by atoms with Crippen LogP contribution in [0.25, 0.3) is 0 Å². The molecule has 0 spiro atoms. The zero-order valence-corrected chi connectivity index (χ0v) is 48.1. The maximum Gasteiger partial charge on any atom is 0.422 e. The van der Waals surface area contributed by atoms with Gasteiger partial charge in [-0.15, -0.1) is 0 Å². The number of hydrogen-bond donors (Lipinski definition) is 1. The van der Waals surface area contributed by atoms with Gasteiger partial charge in [-0.1, -0.05) is 121 Å². The lowest BCUT2D eigenvalue weighted by molar-refractivity contribution is -0.385. The maximum atomic E-state index is 15.2. The molecule has 0 bridgehead atoms. The van der Waals surface area contributed by atoms with Gasteiger partial charge in [0.2, 0.25) is 11.1 Å². The Bertz CT molecular complexity index is 3460. The van der Waals surface area contributed by atoms with E-state index in [9.17, 15) is 43.0 Å². The Morgan fingerprint density at radius 1 is 0.545 bits per heavy atom. The van der Waals surface area contributed by atoms with Gasteiger partial charge in [-0.05, 0) is 126 Å². The van der Waals surface area contributed by atoms with Crippen LogP contribution in [-0.2, 0) is 17.5 Å². The summed E-state index contributed by atoms with van der Waals surface area (Å²) in [6.07, 6.45) is -5.46. The molecule has 0 aliphatic carbocycles. The molecular weight excluding hydrogens is 1390 g/mol. The summed E-state index contributed by atoms with van der Waals surface area (Å²) in [7, 11) is 0. The number of nitrogen functional groups attached to an aromatic ring is 1. The fourth-order valence-corrected chi connectivity index (χ4v) is 11.0. The van der Waals surface area contributed by atoms with Gasteiger partial charge < -0.3 is 5.73 Å². The van der Waals surface area contributed by atoms with Crippen LogP contribution in [0.4, 0.5) is 43.4 Å². The molecule has 77 heavy (non-hydrogen) atoms. The van der Waals surface area contributed by atoms with Crippen molar-refractivity contribution in [1.29, 1.82) is 0 Å². The Morgan fingerprint density at radius 3 is 1.25 bits per heavy atom. The summed E-state index contributed by atoms with van der Waals surface area (Å²) in [5.74, 6) is -0.457. The van der Waals surface area contributed by atoms with Gasteiger partial charge in [0, 0.05) is 82.1 Å². The van der Waals surface area contributed by atoms with Crippen molar-refractivity contribution < 1.29 is 45.8 Å². The summed E-state index contributed by atoms with van der Waals surface area (Å²) in [6, 6.07) is 26.3. The van der Waals surface area contributed by atoms with Crippen molar-refractivity contribution in [3.63, 3.8) is 0 Å². The highest BCUT2D eigenvalue weighted by Gasteiger charge is 2.61. The third-order valence-corrected chi connectivity index (χ3v) is 15.0. The van der Waals surface area contributed by atoms with E-state index in [1.54, 1.807) is 0 Å². The van der Waals surface area contributed by atoms with Crippen LogP contribution in [0, 0.1) is 20.2 Å². The lowest BCUT2D eigenvalue weighted by atomic mass is 9.81. The first kappa shape index (κ1) is 60.9. The van der Waals surface area contributed by atoms with Crippen molar-refractivity contribution >= 4 is 150 Å². The molecule has 2 heterocycles. The number of carbonyl (C=O) groups excluding carboxylic acids is 2. The van der Waals surface area contributed by atoms with Gasteiger partial charge in [0.25, 0.3) is 16.6 Å². The molecule has 6 aromatic carbocycles. The Morgan fingerprint density at radius 2 is 0.909 bits per heavy atom. The van der Waals surface area contributed by atoms with Gasteiger partial charge in [-0.25, -0.2) is 9.36 Å². The van der Waals surface area contributed by atoms with Crippen molar-refractivity contribution in [3.05, 3.63) is 243 Å². The van der Waals surface area contributed by atoms with Gasteiger partial charge in [0.1, 0.15) is 0 Å². The molecule has 0 saturated heterocycles. The smallest absolute Gasteiger partial charge is 0.397 e. The standard InChI is InChI=1S/C25H14Br2Cl2F3N3O3.C17H10Br2Cl2F3N3.C7H4ClNO3/c26-21-9-16(10-22(27)20(21)11-23(36)14-2-1-3-19(8-14)35(37)38)24(25(30,31)32,34-13-18(29)12-33-34)15-4-6-17(28)7-5-15;18-13-5-10(6-14(19)15(13)25)16(17(22,23)24,27-8-12(21)7-26-27)9-1-3-11(20)4-2-9;8-7(10)5-2-1-3-6(4-5)9(11)12/h1-10,12-13H,11H2;1-8H,25H2;1-4H. The molecule has 0 amide bonds. The van der Waals surface area contributed by atoms with Gasteiger partial charge in [0.15, 0.2) is 5.78 Å². The molecule has 2 atom stereocenters. The van der Waals surface area contributed by atoms with E-state index in [1.165, 1.54) is 109 Å². The number of alkyl halides is 6. The molecule has 2 N–H and O–H groups in total. The minimum absolute atomic E-state index is 0.00453. The van der Waals surface area contributed by atoms with Crippen LogP contribution in [0.1, 0.15) is 48.5 Å². The topological polar surface area (TPSA) is 182 Å². The maximum absolute atomic E-state index is 15.2. The molecule has 28 heteroatoms. The monoisotopic (exact) mass is 1410 g/mol. The number of benzene rings is 6. The van der Waals surface area contributed by atoms with E-state index >= 15 is 13.2 Å². The van der Waals surface area contributed by atoms with E-state index in [0.717, 1.165) is 46.3 Å². The molecular formula is C49H28Br4Cl5F6N7O6. The summed E-state index contributed by atoms with van der Waals surface area (Å²) >= 11 is 41.9. The van der Waals surface area contributed by atoms with E-state index in [2.05, 4.69) is 73.9 Å². The number of nitrogens with zero attached hydrogens (tertiary/aromatic N) is 6. The SMILES string of the molecule is Nc1c(Br)cc(C(c2ccc(Cl)cc2)(n2cc(Cl)cn2)C(F)(F)F)cc1Br.O=C(Cc1c(Br)cc(C(c2ccc(Cl)cc2)(n2cc(Cl)cn2)C(F)(F)F)cc1Br)c1cccc([N+](=O)[O-])c1.O=C(Cl)c1cccc([N+](=O)[O-])c1. The van der Waals surface area contributed by atoms with Gasteiger partial charge in [-0.2, -0.15) is 36.5 Å². The summed E-state index contributed by atoms with van der Waals surface area (Å²) in [6.45, 7) is 0. The first-order chi connectivity index (χ1) is 36.0. The van der Waals surface area contributed by atoms with Gasteiger partial charge >= 0.3 is 12.4 Å². The summed E-state index contributed by atoms with van der Waals surface area (Å²) in [5, 5.41) is 29.0. The van der Waals surface area contributed by atoms with Gasteiger partial charge in [0.05, 0.1) is 38.0 Å². The molecule has 8 aromatic rings. The largest absolute Gasteiger partial charge is 0.422 e. The number of nitro groups is 2. The van der Waals surface area contributed by atoms with Crippen molar-refractivity contribution in [3.8, 4) is 0 Å². The van der Waals surface area contributed by atoms with Crippen LogP contribution in [0.5, 0.6) is 0 Å². The highest BCUT2D eigenvalue weighted by atomic mass is 79.9. The number of nitrogens with two attached hydrogens (primary N) is 1. The Balaban J connectivity index is 0.000000213. The average Bonchev–Trinajstić information content (AvgIpc) is 4.19. The second-order valence-electron chi connectivity index (χ2n) is 15.9. The zero-order chi connectivity index (χ0) is 56.9. The quantitative estimate of drug-likeness (QED) is 0.0311. The highest BCUT2D eigenvalue weighted by Crippen LogP contribution is 2.51. The summed E-state index contributed by atoms with van der Waals surface area (Å²) < 4.78 is 92.2. The zero-order valence-electron chi connectivity index (χ0n) is 37.9. The van der Waals surface area contributed by atoms with Gasteiger partial charge in [-0.3, -0.25) is 29.8 Å². The number of halogens is 15. The molecule has 13 nitrogen and oxygen atoms in total. The van der Waals surface area contributed by atoms with Crippen molar-refractivity contribution in [2.24, 2.45) is 0 Å². The summed E-state index contributed by atoms with van der Waals surface area (Å²) in [4.78, 5) is 43.6. The highest BCUT2D eigenvalue weighted by molar-refractivity contribution is 9.11. The molecule has 8 rings (SSSR count). The molecule has 0 aliphatic rings. The van der Waals surface area contributed by atoms with E-state index < -0.39 is 44.3 Å². The van der Waals surface area contributed by atoms with Crippen LogP contribution in [0.3, 0.4) is 0 Å².